The van der Waals surface area contributed by atoms with E-state index < -0.39 is 0 Å². The molecular formula is C22H18BrNO2. The van der Waals surface area contributed by atoms with Crippen LogP contribution in [0.3, 0.4) is 0 Å². The Balaban J connectivity index is 1.63. The number of benzene rings is 3. The molecule has 26 heavy (non-hydrogen) atoms. The summed E-state index contributed by atoms with van der Waals surface area (Å²) >= 11 is 3.49. The van der Waals surface area contributed by atoms with Gasteiger partial charge in [-0.05, 0) is 57.4 Å². The fourth-order valence-corrected chi connectivity index (χ4v) is 2.66. The summed E-state index contributed by atoms with van der Waals surface area (Å²) in [4.78, 5) is 12.0. The van der Waals surface area contributed by atoms with Gasteiger partial charge in [0.1, 0.15) is 11.5 Å². The molecule has 0 aliphatic carbocycles. The molecule has 1 N–H and O–H groups in total. The summed E-state index contributed by atoms with van der Waals surface area (Å²) in [6.45, 7) is 0.507. The maximum absolute atomic E-state index is 12.0. The maximum atomic E-state index is 12.0. The first kappa shape index (κ1) is 18.0. The molecule has 3 nitrogen and oxygen atoms in total. The van der Waals surface area contributed by atoms with E-state index in [1.54, 1.807) is 6.08 Å². The van der Waals surface area contributed by atoms with Gasteiger partial charge in [-0.1, -0.05) is 54.6 Å². The minimum Gasteiger partial charge on any atom is -0.456 e. The van der Waals surface area contributed by atoms with Gasteiger partial charge in [0, 0.05) is 12.6 Å². The normalized spacial score (nSPS) is 10.7. The Labute approximate surface area is 161 Å². The molecule has 0 spiro atoms. The summed E-state index contributed by atoms with van der Waals surface area (Å²) < 4.78 is 6.73. The summed E-state index contributed by atoms with van der Waals surface area (Å²) in [5, 5.41) is 2.87. The van der Waals surface area contributed by atoms with Crippen LogP contribution >= 0.6 is 15.9 Å². The van der Waals surface area contributed by atoms with Crippen LogP contribution in [-0.4, -0.2) is 5.91 Å². The van der Waals surface area contributed by atoms with Crippen LogP contribution in [0.1, 0.15) is 11.1 Å². The highest BCUT2D eigenvalue weighted by atomic mass is 79.9. The van der Waals surface area contributed by atoms with Gasteiger partial charge < -0.3 is 10.1 Å². The van der Waals surface area contributed by atoms with Crippen LogP contribution in [-0.2, 0) is 11.3 Å². The van der Waals surface area contributed by atoms with Gasteiger partial charge in [0.25, 0.3) is 0 Å². The number of ether oxygens (including phenoxy) is 1. The number of amides is 1. The van der Waals surface area contributed by atoms with Gasteiger partial charge in [-0.25, -0.2) is 0 Å². The summed E-state index contributed by atoms with van der Waals surface area (Å²) in [7, 11) is 0. The van der Waals surface area contributed by atoms with Gasteiger partial charge in [-0.15, -0.1) is 0 Å². The number of carbonyl (C=O) groups is 1. The number of nitrogens with one attached hydrogen (secondary N) is 1. The van der Waals surface area contributed by atoms with Crippen LogP contribution in [0, 0.1) is 0 Å². The topological polar surface area (TPSA) is 38.3 Å². The lowest BCUT2D eigenvalue weighted by Crippen LogP contribution is -2.20. The molecule has 0 heterocycles. The highest BCUT2D eigenvalue weighted by Gasteiger charge is 2.04. The van der Waals surface area contributed by atoms with Gasteiger partial charge in [-0.3, -0.25) is 4.79 Å². The molecule has 3 aromatic rings. The molecule has 0 saturated heterocycles. The van der Waals surface area contributed by atoms with Crippen LogP contribution in [0.15, 0.2) is 89.4 Å². The van der Waals surface area contributed by atoms with Gasteiger partial charge >= 0.3 is 0 Å². The van der Waals surface area contributed by atoms with Crippen molar-refractivity contribution in [3.8, 4) is 11.5 Å². The summed E-state index contributed by atoms with van der Waals surface area (Å²) in [6.07, 6.45) is 3.29. The second-order valence-corrected chi connectivity index (χ2v) is 6.50. The number of hydrogen-bond acceptors (Lipinski definition) is 2. The molecule has 4 heteroatoms. The largest absolute Gasteiger partial charge is 0.456 e. The number of rotatable bonds is 6. The first-order valence-electron chi connectivity index (χ1n) is 8.23. The van der Waals surface area contributed by atoms with Crippen molar-refractivity contribution in [2.45, 2.75) is 6.54 Å². The van der Waals surface area contributed by atoms with Crippen molar-refractivity contribution in [3.63, 3.8) is 0 Å². The van der Waals surface area contributed by atoms with E-state index in [4.69, 9.17) is 4.74 Å². The van der Waals surface area contributed by atoms with Crippen molar-refractivity contribution in [2.75, 3.05) is 0 Å². The molecule has 3 aromatic carbocycles. The molecule has 0 unspecified atom stereocenters. The third-order valence-corrected chi connectivity index (χ3v) is 4.32. The van der Waals surface area contributed by atoms with E-state index in [-0.39, 0.29) is 5.91 Å². The van der Waals surface area contributed by atoms with Crippen LogP contribution < -0.4 is 10.1 Å². The third-order valence-electron chi connectivity index (χ3n) is 3.66. The lowest BCUT2D eigenvalue weighted by molar-refractivity contribution is -0.116. The SMILES string of the molecule is O=C(/C=C/c1ccc(Br)c(Oc2ccccc2)c1)NCc1ccccc1. The highest BCUT2D eigenvalue weighted by molar-refractivity contribution is 9.10. The van der Waals surface area contributed by atoms with Crippen LogP contribution in [0.4, 0.5) is 0 Å². The third kappa shape index (κ3) is 5.33. The zero-order chi connectivity index (χ0) is 18.2. The van der Waals surface area contributed by atoms with Crippen molar-refractivity contribution >= 4 is 27.9 Å². The Hall–Kier alpha value is -2.85. The van der Waals surface area contributed by atoms with Gasteiger partial charge in [0.15, 0.2) is 0 Å². The van der Waals surface area contributed by atoms with Crippen molar-refractivity contribution < 1.29 is 9.53 Å². The van der Waals surface area contributed by atoms with E-state index >= 15 is 0 Å². The van der Waals surface area contributed by atoms with Gasteiger partial charge in [0.2, 0.25) is 5.91 Å². The number of hydrogen-bond donors (Lipinski definition) is 1. The first-order chi connectivity index (χ1) is 12.7. The van der Waals surface area contributed by atoms with E-state index in [9.17, 15) is 4.79 Å². The van der Waals surface area contributed by atoms with Crippen LogP contribution in [0.2, 0.25) is 0 Å². The standard InChI is InChI=1S/C22H18BrNO2/c23-20-13-11-17(15-21(20)26-19-9-5-2-6-10-19)12-14-22(25)24-16-18-7-3-1-4-8-18/h1-15H,16H2,(H,24,25)/b14-12+. The molecule has 1 amide bonds. The fourth-order valence-electron chi connectivity index (χ4n) is 2.33. The minimum atomic E-state index is -0.137. The molecule has 0 saturated carbocycles. The summed E-state index contributed by atoms with van der Waals surface area (Å²) in [5.74, 6) is 1.32. The first-order valence-corrected chi connectivity index (χ1v) is 9.02. The van der Waals surface area contributed by atoms with E-state index in [1.807, 2.05) is 78.9 Å². The number of para-hydroxylation sites is 1. The number of carbonyl (C=O) groups excluding carboxylic acids is 1. The van der Waals surface area contributed by atoms with Crippen molar-refractivity contribution in [1.82, 2.24) is 5.32 Å². The molecule has 0 fully saturated rings. The summed E-state index contributed by atoms with van der Waals surface area (Å²) in [6, 6.07) is 25.1. The van der Waals surface area contributed by atoms with E-state index in [2.05, 4.69) is 21.2 Å². The molecule has 0 atom stereocenters. The Morgan fingerprint density at radius 2 is 1.65 bits per heavy atom. The number of halogens is 1. The van der Waals surface area contributed by atoms with Gasteiger partial charge in [0.05, 0.1) is 4.47 Å². The molecule has 0 bridgehead atoms. The Kier molecular flexibility index (Phi) is 6.23. The summed E-state index contributed by atoms with van der Waals surface area (Å²) in [5.41, 5.74) is 1.95. The fraction of sp³-hybridized carbons (Fsp3) is 0.0455. The van der Waals surface area contributed by atoms with Crippen LogP contribution in [0.25, 0.3) is 6.08 Å². The highest BCUT2D eigenvalue weighted by Crippen LogP contribution is 2.30. The molecule has 0 aliphatic heterocycles. The maximum Gasteiger partial charge on any atom is 0.244 e. The zero-order valence-electron chi connectivity index (χ0n) is 14.1. The van der Waals surface area contributed by atoms with Gasteiger partial charge in [-0.2, -0.15) is 0 Å². The minimum absolute atomic E-state index is 0.137. The van der Waals surface area contributed by atoms with E-state index in [0.29, 0.717) is 12.3 Å². The monoisotopic (exact) mass is 407 g/mol. The Morgan fingerprint density at radius 1 is 0.962 bits per heavy atom. The molecule has 0 radical (unpaired) electrons. The second kappa shape index (κ2) is 9.02. The average Bonchev–Trinajstić information content (AvgIpc) is 2.68. The predicted octanol–water partition coefficient (Wildman–Crippen LogP) is 5.57. The molecule has 3 rings (SSSR count). The Morgan fingerprint density at radius 3 is 2.38 bits per heavy atom. The zero-order valence-corrected chi connectivity index (χ0v) is 15.6. The van der Waals surface area contributed by atoms with Crippen molar-refractivity contribution in [3.05, 3.63) is 101 Å². The quantitative estimate of drug-likeness (QED) is 0.542. The van der Waals surface area contributed by atoms with Crippen molar-refractivity contribution in [2.24, 2.45) is 0 Å². The van der Waals surface area contributed by atoms with E-state index in [0.717, 1.165) is 21.3 Å². The van der Waals surface area contributed by atoms with Crippen LogP contribution in [0.5, 0.6) is 11.5 Å². The lowest BCUT2D eigenvalue weighted by atomic mass is 10.2. The smallest absolute Gasteiger partial charge is 0.244 e. The molecule has 0 aromatic heterocycles. The van der Waals surface area contributed by atoms with E-state index in [1.165, 1.54) is 6.08 Å². The average molecular weight is 408 g/mol. The second-order valence-electron chi connectivity index (χ2n) is 5.64. The molecule has 0 aliphatic rings. The molecule has 130 valence electrons. The van der Waals surface area contributed by atoms with Crippen molar-refractivity contribution in [1.29, 1.82) is 0 Å². The predicted molar refractivity (Wildman–Crippen MR) is 108 cm³/mol. The lowest BCUT2D eigenvalue weighted by Gasteiger charge is -2.08. The Bertz CT molecular complexity index is 893. The molecular weight excluding hydrogens is 390 g/mol.